The minimum Gasteiger partial charge on any atom is -0.380 e. The smallest absolute Gasteiger partial charge is 0.261 e. The summed E-state index contributed by atoms with van der Waals surface area (Å²) in [7, 11) is 4.72. The summed E-state index contributed by atoms with van der Waals surface area (Å²) in [6.07, 6.45) is 2.28. The molecule has 0 aromatic heterocycles. The van der Waals surface area contributed by atoms with Crippen molar-refractivity contribution < 1.29 is 17.9 Å². The van der Waals surface area contributed by atoms with Crippen molar-refractivity contribution in [2.45, 2.75) is 24.3 Å². The van der Waals surface area contributed by atoms with Crippen molar-refractivity contribution in [3.63, 3.8) is 0 Å². The highest BCUT2D eigenvalue weighted by Crippen LogP contribution is 2.30. The molecule has 0 spiro atoms. The summed E-state index contributed by atoms with van der Waals surface area (Å²) in [5.74, 6) is 0.360. The lowest BCUT2D eigenvalue weighted by atomic mass is 10.1. The Hall–Kier alpha value is -1.11. The second kappa shape index (κ2) is 6.34. The zero-order valence-corrected chi connectivity index (χ0v) is 13.6. The van der Waals surface area contributed by atoms with E-state index < -0.39 is 9.05 Å². The molecule has 116 valence electrons. The number of methoxy groups -OCH3 is 1. The van der Waals surface area contributed by atoms with Crippen LogP contribution in [-0.2, 0) is 20.4 Å². The summed E-state index contributed by atoms with van der Waals surface area (Å²) < 4.78 is 28.0. The molecule has 1 aromatic carbocycles. The number of hydrogen-bond donors (Lipinski definition) is 0. The quantitative estimate of drug-likeness (QED) is 0.750. The Balaban J connectivity index is 2.32. The second-order valence-electron chi connectivity index (χ2n) is 5.37. The molecule has 0 radical (unpaired) electrons. The number of benzene rings is 1. The first-order valence-electron chi connectivity index (χ1n) is 6.64. The first kappa shape index (κ1) is 16.3. The SMILES string of the molecule is COCc1cc(C(=O)N(C)CC2CC2)cc(S(=O)(=O)Cl)c1. The van der Waals surface area contributed by atoms with Crippen molar-refractivity contribution in [3.05, 3.63) is 29.3 Å². The largest absolute Gasteiger partial charge is 0.380 e. The maximum Gasteiger partial charge on any atom is 0.261 e. The Kier molecular flexibility index (Phi) is 4.91. The molecule has 0 saturated heterocycles. The number of hydrogen-bond acceptors (Lipinski definition) is 4. The molecule has 2 rings (SSSR count). The third kappa shape index (κ3) is 4.43. The first-order chi connectivity index (χ1) is 9.81. The zero-order valence-electron chi connectivity index (χ0n) is 12.0. The Morgan fingerprint density at radius 2 is 2.05 bits per heavy atom. The van der Waals surface area contributed by atoms with E-state index >= 15 is 0 Å². The van der Waals surface area contributed by atoms with Crippen molar-refractivity contribution in [1.29, 1.82) is 0 Å². The van der Waals surface area contributed by atoms with Gasteiger partial charge in [-0.05, 0) is 42.5 Å². The van der Waals surface area contributed by atoms with E-state index in [0.29, 0.717) is 23.6 Å². The Bertz CT molecular complexity index is 640. The van der Waals surface area contributed by atoms with E-state index in [1.807, 2.05) is 0 Å². The van der Waals surface area contributed by atoms with Gasteiger partial charge < -0.3 is 9.64 Å². The van der Waals surface area contributed by atoms with E-state index in [-0.39, 0.29) is 17.4 Å². The minimum atomic E-state index is -3.89. The van der Waals surface area contributed by atoms with E-state index in [9.17, 15) is 13.2 Å². The molecule has 0 unspecified atom stereocenters. The molecule has 1 aliphatic rings. The molecule has 1 amide bonds. The van der Waals surface area contributed by atoms with Gasteiger partial charge in [-0.25, -0.2) is 8.42 Å². The van der Waals surface area contributed by atoms with E-state index in [0.717, 1.165) is 12.8 Å². The van der Waals surface area contributed by atoms with Gasteiger partial charge in [0.25, 0.3) is 15.0 Å². The molecule has 0 bridgehead atoms. The molecule has 1 aliphatic carbocycles. The van der Waals surface area contributed by atoms with Gasteiger partial charge in [-0.15, -0.1) is 0 Å². The maximum atomic E-state index is 12.4. The number of rotatable bonds is 6. The van der Waals surface area contributed by atoms with Crippen molar-refractivity contribution >= 4 is 25.6 Å². The summed E-state index contributed by atoms with van der Waals surface area (Å²) in [6.45, 7) is 0.906. The van der Waals surface area contributed by atoms with Crippen molar-refractivity contribution in [2.24, 2.45) is 5.92 Å². The molecule has 0 atom stereocenters. The highest BCUT2D eigenvalue weighted by Gasteiger charge is 2.26. The third-order valence-corrected chi connectivity index (χ3v) is 4.71. The second-order valence-corrected chi connectivity index (χ2v) is 7.93. The average Bonchev–Trinajstić information content (AvgIpc) is 3.20. The molecule has 1 aromatic rings. The van der Waals surface area contributed by atoms with Crippen LogP contribution in [0.5, 0.6) is 0 Å². The minimum absolute atomic E-state index is 0.0816. The monoisotopic (exact) mass is 331 g/mol. The van der Waals surface area contributed by atoms with Gasteiger partial charge in [-0.3, -0.25) is 4.79 Å². The van der Waals surface area contributed by atoms with Gasteiger partial charge in [0.05, 0.1) is 11.5 Å². The van der Waals surface area contributed by atoms with Crippen LogP contribution in [0.25, 0.3) is 0 Å². The van der Waals surface area contributed by atoms with Gasteiger partial charge in [0.2, 0.25) is 0 Å². The normalized spacial score (nSPS) is 15.0. The fourth-order valence-electron chi connectivity index (χ4n) is 2.17. The van der Waals surface area contributed by atoms with Crippen LogP contribution < -0.4 is 0 Å². The predicted molar refractivity (Wildman–Crippen MR) is 79.9 cm³/mol. The average molecular weight is 332 g/mol. The van der Waals surface area contributed by atoms with Crippen LogP contribution in [0.4, 0.5) is 0 Å². The Morgan fingerprint density at radius 1 is 1.38 bits per heavy atom. The molecule has 0 heterocycles. The molecular weight excluding hydrogens is 314 g/mol. The summed E-state index contributed by atoms with van der Waals surface area (Å²) in [6, 6.07) is 4.37. The fraction of sp³-hybridized carbons (Fsp3) is 0.500. The molecule has 1 fully saturated rings. The van der Waals surface area contributed by atoms with Gasteiger partial charge in [0.15, 0.2) is 0 Å². The summed E-state index contributed by atoms with van der Waals surface area (Å²) >= 11 is 0. The van der Waals surface area contributed by atoms with E-state index in [2.05, 4.69) is 0 Å². The van der Waals surface area contributed by atoms with Crippen LogP contribution in [0, 0.1) is 5.92 Å². The highest BCUT2D eigenvalue weighted by atomic mass is 35.7. The lowest BCUT2D eigenvalue weighted by molar-refractivity contribution is 0.0788. The third-order valence-electron chi connectivity index (χ3n) is 3.38. The molecular formula is C14H18ClNO4S. The van der Waals surface area contributed by atoms with E-state index in [4.69, 9.17) is 15.4 Å². The Labute approximate surface area is 129 Å². The zero-order chi connectivity index (χ0) is 15.6. The maximum absolute atomic E-state index is 12.4. The van der Waals surface area contributed by atoms with Gasteiger partial charge in [-0.2, -0.15) is 0 Å². The predicted octanol–water partition coefficient (Wildman–Crippen LogP) is 2.24. The molecule has 0 aliphatic heterocycles. The topological polar surface area (TPSA) is 63.7 Å². The van der Waals surface area contributed by atoms with Crippen molar-refractivity contribution in [3.8, 4) is 0 Å². The highest BCUT2D eigenvalue weighted by molar-refractivity contribution is 8.13. The van der Waals surface area contributed by atoms with Gasteiger partial charge >= 0.3 is 0 Å². The summed E-state index contributed by atoms with van der Waals surface area (Å²) in [5.41, 5.74) is 0.911. The summed E-state index contributed by atoms with van der Waals surface area (Å²) in [5, 5.41) is 0. The summed E-state index contributed by atoms with van der Waals surface area (Å²) in [4.78, 5) is 13.9. The van der Waals surface area contributed by atoms with Crippen LogP contribution in [0.15, 0.2) is 23.1 Å². The van der Waals surface area contributed by atoms with Crippen LogP contribution in [0.1, 0.15) is 28.8 Å². The molecule has 7 heteroatoms. The fourth-order valence-corrected chi connectivity index (χ4v) is 2.99. The number of halogens is 1. The number of carbonyl (C=O) groups excluding carboxylic acids is 1. The molecule has 5 nitrogen and oxygen atoms in total. The number of ether oxygens (including phenoxy) is 1. The van der Waals surface area contributed by atoms with Gasteiger partial charge in [0, 0.05) is 36.9 Å². The number of amides is 1. The first-order valence-corrected chi connectivity index (χ1v) is 8.95. The van der Waals surface area contributed by atoms with Crippen LogP contribution in [0.2, 0.25) is 0 Å². The van der Waals surface area contributed by atoms with Crippen molar-refractivity contribution in [1.82, 2.24) is 4.90 Å². The van der Waals surface area contributed by atoms with E-state index in [1.165, 1.54) is 19.2 Å². The van der Waals surface area contributed by atoms with Gasteiger partial charge in [-0.1, -0.05) is 0 Å². The lowest BCUT2D eigenvalue weighted by Crippen LogP contribution is -2.29. The van der Waals surface area contributed by atoms with Crippen LogP contribution in [0.3, 0.4) is 0 Å². The van der Waals surface area contributed by atoms with Gasteiger partial charge in [0.1, 0.15) is 0 Å². The van der Waals surface area contributed by atoms with Crippen LogP contribution in [-0.4, -0.2) is 39.9 Å². The molecule has 1 saturated carbocycles. The number of carbonyl (C=O) groups is 1. The van der Waals surface area contributed by atoms with E-state index in [1.54, 1.807) is 18.0 Å². The molecule has 21 heavy (non-hydrogen) atoms. The number of nitrogens with zero attached hydrogens (tertiary/aromatic N) is 1. The molecule has 0 N–H and O–H groups in total. The van der Waals surface area contributed by atoms with Crippen molar-refractivity contribution in [2.75, 3.05) is 20.7 Å². The Morgan fingerprint density at radius 3 is 2.57 bits per heavy atom. The van der Waals surface area contributed by atoms with Crippen LogP contribution >= 0.6 is 10.7 Å². The standard InChI is InChI=1S/C14H18ClNO4S/c1-16(8-10-3-4-10)14(17)12-5-11(9-20-2)6-13(7-12)21(15,18)19/h5-7,10H,3-4,8-9H2,1-2H3. The lowest BCUT2D eigenvalue weighted by Gasteiger charge is -2.17.